The highest BCUT2D eigenvalue weighted by Crippen LogP contribution is 2.31. The first kappa shape index (κ1) is 10.9. The number of aliphatic hydroxyl groups excluding tert-OH is 1. The molecule has 0 aliphatic rings. The Kier molecular flexibility index (Phi) is 3.07. The summed E-state index contributed by atoms with van der Waals surface area (Å²) in [6.45, 7) is -0.547. The van der Waals surface area contributed by atoms with Crippen molar-refractivity contribution in [1.82, 2.24) is 4.98 Å². The molecule has 0 radical (unpaired) electrons. The van der Waals surface area contributed by atoms with Crippen molar-refractivity contribution >= 4 is 0 Å². The molecule has 0 fully saturated rings. The first-order chi connectivity index (χ1) is 6.46. The van der Waals surface area contributed by atoms with Gasteiger partial charge in [-0.05, 0) is 6.07 Å². The summed E-state index contributed by atoms with van der Waals surface area (Å²) in [5.41, 5.74) is 4.07. The number of alkyl halides is 3. The summed E-state index contributed by atoms with van der Waals surface area (Å²) in [6, 6.07) is 1.50. The molecule has 0 amide bonds. The van der Waals surface area contributed by atoms with Gasteiger partial charge in [0.1, 0.15) is 5.69 Å². The maximum atomic E-state index is 12.3. The minimum Gasteiger partial charge on any atom is -0.394 e. The van der Waals surface area contributed by atoms with Crippen molar-refractivity contribution in [3.63, 3.8) is 0 Å². The van der Waals surface area contributed by atoms with Crippen LogP contribution in [0.1, 0.15) is 17.3 Å². The van der Waals surface area contributed by atoms with Gasteiger partial charge in [-0.2, -0.15) is 13.2 Å². The molecule has 1 aromatic heterocycles. The molecule has 0 saturated heterocycles. The van der Waals surface area contributed by atoms with Gasteiger partial charge in [-0.1, -0.05) is 6.07 Å². The second-order valence-corrected chi connectivity index (χ2v) is 2.73. The summed E-state index contributed by atoms with van der Waals surface area (Å²) in [5.74, 6) is 0. The molecule has 78 valence electrons. The van der Waals surface area contributed by atoms with Gasteiger partial charge in [0.05, 0.1) is 12.6 Å². The Bertz CT molecular complexity index is 314. The lowest BCUT2D eigenvalue weighted by atomic mass is 10.1. The average Bonchev–Trinajstić information content (AvgIpc) is 2.15. The van der Waals surface area contributed by atoms with E-state index in [1.165, 1.54) is 12.1 Å². The van der Waals surface area contributed by atoms with Gasteiger partial charge in [-0.15, -0.1) is 0 Å². The van der Waals surface area contributed by atoms with E-state index >= 15 is 0 Å². The molecule has 14 heavy (non-hydrogen) atoms. The van der Waals surface area contributed by atoms with Crippen LogP contribution in [-0.4, -0.2) is 16.7 Å². The van der Waals surface area contributed by atoms with E-state index in [0.29, 0.717) is 0 Å². The van der Waals surface area contributed by atoms with E-state index in [2.05, 4.69) is 4.98 Å². The number of aromatic nitrogens is 1. The fourth-order valence-corrected chi connectivity index (χ4v) is 1.05. The Balaban J connectivity index is 3.16. The van der Waals surface area contributed by atoms with Crippen LogP contribution < -0.4 is 5.73 Å². The molecule has 0 bridgehead atoms. The number of rotatable bonds is 2. The molecule has 0 aliphatic heterocycles. The molecule has 0 spiro atoms. The Morgan fingerprint density at radius 3 is 2.64 bits per heavy atom. The highest BCUT2D eigenvalue weighted by Gasteiger charge is 2.36. The molecule has 0 aromatic carbocycles. The third kappa shape index (κ3) is 2.21. The van der Waals surface area contributed by atoms with Crippen molar-refractivity contribution in [2.24, 2.45) is 5.73 Å². The summed E-state index contributed by atoms with van der Waals surface area (Å²) in [5, 5.41) is 8.66. The van der Waals surface area contributed by atoms with Crippen LogP contribution in [0.25, 0.3) is 0 Å². The first-order valence-electron chi connectivity index (χ1n) is 3.85. The minimum atomic E-state index is -4.54. The van der Waals surface area contributed by atoms with Crippen LogP contribution in [0.3, 0.4) is 0 Å². The van der Waals surface area contributed by atoms with Gasteiger partial charge >= 0.3 is 6.18 Å². The maximum Gasteiger partial charge on any atom is 0.433 e. The van der Waals surface area contributed by atoms with Gasteiger partial charge in [0.2, 0.25) is 0 Å². The van der Waals surface area contributed by atoms with E-state index < -0.39 is 24.5 Å². The van der Waals surface area contributed by atoms with Gasteiger partial charge < -0.3 is 10.8 Å². The van der Waals surface area contributed by atoms with Crippen LogP contribution in [0.5, 0.6) is 0 Å². The fraction of sp³-hybridized carbons (Fsp3) is 0.375. The molecular formula is C8H9F3N2O. The van der Waals surface area contributed by atoms with E-state index in [4.69, 9.17) is 10.8 Å². The zero-order valence-corrected chi connectivity index (χ0v) is 7.12. The van der Waals surface area contributed by atoms with E-state index in [1.807, 2.05) is 0 Å². The number of hydrogen-bond acceptors (Lipinski definition) is 3. The molecule has 0 saturated carbocycles. The molecule has 1 rings (SSSR count). The van der Waals surface area contributed by atoms with E-state index in [0.717, 1.165) is 6.20 Å². The van der Waals surface area contributed by atoms with Crippen LogP contribution in [-0.2, 0) is 6.18 Å². The fourth-order valence-electron chi connectivity index (χ4n) is 1.05. The van der Waals surface area contributed by atoms with Crippen molar-refractivity contribution in [2.45, 2.75) is 12.2 Å². The normalized spacial score (nSPS) is 14.1. The standard InChI is InChI=1S/C8H9F3N2O/c9-8(10,11)7-5(6(12)4-14)2-1-3-13-7/h1-3,6,14H,4,12H2/t6-/m1/s1. The lowest BCUT2D eigenvalue weighted by molar-refractivity contribution is -0.142. The Labute approximate surface area is 78.4 Å². The summed E-state index contributed by atoms with van der Waals surface area (Å²) in [7, 11) is 0. The monoisotopic (exact) mass is 206 g/mol. The highest BCUT2D eigenvalue weighted by molar-refractivity contribution is 5.25. The first-order valence-corrected chi connectivity index (χ1v) is 3.85. The van der Waals surface area contributed by atoms with E-state index in [9.17, 15) is 13.2 Å². The van der Waals surface area contributed by atoms with Gasteiger partial charge in [-0.3, -0.25) is 4.98 Å². The Morgan fingerprint density at radius 1 is 1.50 bits per heavy atom. The average molecular weight is 206 g/mol. The zero-order chi connectivity index (χ0) is 10.8. The van der Waals surface area contributed by atoms with E-state index in [1.54, 1.807) is 0 Å². The van der Waals surface area contributed by atoms with Crippen molar-refractivity contribution in [2.75, 3.05) is 6.61 Å². The van der Waals surface area contributed by atoms with Gasteiger partial charge in [0.25, 0.3) is 0 Å². The Morgan fingerprint density at radius 2 is 2.14 bits per heavy atom. The van der Waals surface area contributed by atoms with Crippen molar-refractivity contribution in [1.29, 1.82) is 0 Å². The van der Waals surface area contributed by atoms with Crippen molar-refractivity contribution in [3.05, 3.63) is 29.6 Å². The molecule has 0 aliphatic carbocycles. The lowest BCUT2D eigenvalue weighted by Crippen LogP contribution is -2.21. The Hall–Kier alpha value is -1.14. The number of hydrogen-bond donors (Lipinski definition) is 2. The largest absolute Gasteiger partial charge is 0.433 e. The predicted octanol–water partition coefficient (Wildman–Crippen LogP) is 1.09. The molecular weight excluding hydrogens is 197 g/mol. The van der Waals surface area contributed by atoms with Crippen LogP contribution in [0, 0.1) is 0 Å². The second kappa shape index (κ2) is 3.93. The quantitative estimate of drug-likeness (QED) is 0.761. The van der Waals surface area contributed by atoms with E-state index in [-0.39, 0.29) is 5.56 Å². The van der Waals surface area contributed by atoms with Crippen LogP contribution >= 0.6 is 0 Å². The lowest BCUT2D eigenvalue weighted by Gasteiger charge is -2.14. The van der Waals surface area contributed by atoms with Crippen molar-refractivity contribution < 1.29 is 18.3 Å². The summed E-state index contributed by atoms with van der Waals surface area (Å²) < 4.78 is 37.0. The van der Waals surface area contributed by atoms with Gasteiger partial charge in [0.15, 0.2) is 0 Å². The number of pyridine rings is 1. The molecule has 1 atom stereocenters. The number of nitrogens with two attached hydrogens (primary N) is 1. The highest BCUT2D eigenvalue weighted by atomic mass is 19.4. The smallest absolute Gasteiger partial charge is 0.394 e. The minimum absolute atomic E-state index is 0.192. The molecule has 3 nitrogen and oxygen atoms in total. The molecule has 3 N–H and O–H groups in total. The maximum absolute atomic E-state index is 12.3. The second-order valence-electron chi connectivity index (χ2n) is 2.73. The number of halogens is 3. The van der Waals surface area contributed by atoms with Crippen molar-refractivity contribution in [3.8, 4) is 0 Å². The number of nitrogens with zero attached hydrogens (tertiary/aromatic N) is 1. The summed E-state index contributed by atoms with van der Waals surface area (Å²) >= 11 is 0. The predicted molar refractivity (Wildman–Crippen MR) is 43.3 cm³/mol. The molecule has 1 aromatic rings. The van der Waals surface area contributed by atoms with Crippen LogP contribution in [0.4, 0.5) is 13.2 Å². The summed E-state index contributed by atoms with van der Waals surface area (Å²) in [6.07, 6.45) is -3.50. The van der Waals surface area contributed by atoms with Crippen LogP contribution in [0.15, 0.2) is 18.3 Å². The van der Waals surface area contributed by atoms with Crippen LogP contribution in [0.2, 0.25) is 0 Å². The third-order valence-corrected chi connectivity index (χ3v) is 1.70. The molecule has 0 unspecified atom stereocenters. The summed E-state index contributed by atoms with van der Waals surface area (Å²) in [4.78, 5) is 3.20. The third-order valence-electron chi connectivity index (χ3n) is 1.70. The number of aliphatic hydroxyl groups is 1. The van der Waals surface area contributed by atoms with Gasteiger partial charge in [0, 0.05) is 11.8 Å². The topological polar surface area (TPSA) is 59.1 Å². The SMILES string of the molecule is N[C@H](CO)c1cccnc1C(F)(F)F. The molecule has 6 heteroatoms. The molecule has 1 heterocycles. The van der Waals surface area contributed by atoms with Gasteiger partial charge in [-0.25, -0.2) is 0 Å². The zero-order valence-electron chi connectivity index (χ0n) is 7.12.